The predicted octanol–water partition coefficient (Wildman–Crippen LogP) is 7.21. The van der Waals surface area contributed by atoms with Crippen molar-refractivity contribution in [3.8, 4) is 5.69 Å². The van der Waals surface area contributed by atoms with Gasteiger partial charge in [0.15, 0.2) is 0 Å². The standard InChI is InChI=1S/C25H19ClN2/c1-27(19-16-14-18(26)15-17-19)23-12-7-13-24-25(23)21-10-5-6-11-22(21)28(24)20-8-3-2-4-9-20/h2-17H,1H3. The van der Waals surface area contributed by atoms with Gasteiger partial charge in [0.2, 0.25) is 0 Å². The van der Waals surface area contributed by atoms with Gasteiger partial charge in [-0.1, -0.05) is 54.1 Å². The Morgan fingerprint density at radius 3 is 2.14 bits per heavy atom. The molecule has 0 saturated heterocycles. The van der Waals surface area contributed by atoms with Gasteiger partial charge < -0.3 is 9.47 Å². The molecule has 136 valence electrons. The van der Waals surface area contributed by atoms with Gasteiger partial charge in [0, 0.05) is 34.2 Å². The summed E-state index contributed by atoms with van der Waals surface area (Å²) in [5.41, 5.74) is 5.85. The van der Waals surface area contributed by atoms with Crippen molar-refractivity contribution in [1.82, 2.24) is 4.57 Å². The van der Waals surface area contributed by atoms with Gasteiger partial charge in [-0.3, -0.25) is 0 Å². The van der Waals surface area contributed by atoms with Gasteiger partial charge in [0.25, 0.3) is 0 Å². The molecule has 2 nitrogen and oxygen atoms in total. The molecule has 4 aromatic carbocycles. The van der Waals surface area contributed by atoms with E-state index in [2.05, 4.69) is 101 Å². The molecule has 0 amide bonds. The Morgan fingerprint density at radius 1 is 0.679 bits per heavy atom. The number of hydrogen-bond donors (Lipinski definition) is 0. The zero-order valence-electron chi connectivity index (χ0n) is 15.5. The Labute approximate surface area is 169 Å². The molecule has 0 radical (unpaired) electrons. The van der Waals surface area contributed by atoms with Crippen LogP contribution >= 0.6 is 11.6 Å². The first-order valence-corrected chi connectivity index (χ1v) is 9.69. The molecule has 1 heterocycles. The average molecular weight is 383 g/mol. The zero-order chi connectivity index (χ0) is 19.1. The maximum atomic E-state index is 6.08. The van der Waals surface area contributed by atoms with E-state index < -0.39 is 0 Å². The third-order valence-corrected chi connectivity index (χ3v) is 5.52. The smallest absolute Gasteiger partial charge is 0.0562 e. The van der Waals surface area contributed by atoms with Gasteiger partial charge in [-0.15, -0.1) is 0 Å². The Bertz CT molecular complexity index is 1270. The van der Waals surface area contributed by atoms with Crippen LogP contribution in [0.15, 0.2) is 97.1 Å². The van der Waals surface area contributed by atoms with Crippen LogP contribution in [0.5, 0.6) is 0 Å². The maximum absolute atomic E-state index is 6.08. The maximum Gasteiger partial charge on any atom is 0.0562 e. The van der Waals surface area contributed by atoms with Crippen molar-refractivity contribution in [1.29, 1.82) is 0 Å². The molecular weight excluding hydrogens is 364 g/mol. The second-order valence-electron chi connectivity index (χ2n) is 6.89. The second kappa shape index (κ2) is 6.74. The minimum Gasteiger partial charge on any atom is -0.344 e. The highest BCUT2D eigenvalue weighted by atomic mass is 35.5. The lowest BCUT2D eigenvalue weighted by Crippen LogP contribution is -2.09. The van der Waals surface area contributed by atoms with Crippen LogP contribution in [0, 0.1) is 0 Å². The van der Waals surface area contributed by atoms with Crippen molar-refractivity contribution in [2.75, 3.05) is 11.9 Å². The van der Waals surface area contributed by atoms with Crippen LogP contribution in [0.25, 0.3) is 27.5 Å². The quantitative estimate of drug-likeness (QED) is 0.320. The molecule has 0 atom stereocenters. The van der Waals surface area contributed by atoms with Crippen LogP contribution in [0.1, 0.15) is 0 Å². The number of nitrogens with zero attached hydrogens (tertiary/aromatic N) is 2. The van der Waals surface area contributed by atoms with E-state index in [4.69, 9.17) is 11.6 Å². The summed E-state index contributed by atoms with van der Waals surface area (Å²) in [7, 11) is 2.10. The van der Waals surface area contributed by atoms with E-state index in [1.165, 1.54) is 33.2 Å². The number of fused-ring (bicyclic) bond motifs is 3. The summed E-state index contributed by atoms with van der Waals surface area (Å²) in [5.74, 6) is 0. The number of halogens is 1. The van der Waals surface area contributed by atoms with Gasteiger partial charge in [-0.2, -0.15) is 0 Å². The SMILES string of the molecule is CN(c1ccc(Cl)cc1)c1cccc2c1c1ccccc1n2-c1ccccc1. The molecule has 0 aliphatic carbocycles. The summed E-state index contributed by atoms with van der Waals surface area (Å²) in [6.07, 6.45) is 0. The van der Waals surface area contributed by atoms with Crippen molar-refractivity contribution in [2.45, 2.75) is 0 Å². The highest BCUT2D eigenvalue weighted by Crippen LogP contribution is 2.39. The summed E-state index contributed by atoms with van der Waals surface area (Å²) >= 11 is 6.08. The molecule has 0 fully saturated rings. The van der Waals surface area contributed by atoms with Gasteiger partial charge in [-0.25, -0.2) is 0 Å². The number of para-hydroxylation sites is 2. The Hall–Kier alpha value is -3.23. The molecule has 0 spiro atoms. The van der Waals surface area contributed by atoms with Crippen molar-refractivity contribution in [3.05, 3.63) is 102 Å². The first-order chi connectivity index (χ1) is 13.7. The minimum atomic E-state index is 0.746. The fourth-order valence-corrected chi connectivity index (χ4v) is 4.06. The highest BCUT2D eigenvalue weighted by Gasteiger charge is 2.17. The highest BCUT2D eigenvalue weighted by molar-refractivity contribution is 6.30. The lowest BCUT2D eigenvalue weighted by atomic mass is 10.1. The lowest BCUT2D eigenvalue weighted by Gasteiger charge is -2.21. The summed E-state index contributed by atoms with van der Waals surface area (Å²) in [6, 6.07) is 33.6. The molecule has 0 aliphatic heterocycles. The number of rotatable bonds is 3. The molecule has 0 N–H and O–H groups in total. The number of hydrogen-bond acceptors (Lipinski definition) is 1. The van der Waals surface area contributed by atoms with E-state index in [1.54, 1.807) is 0 Å². The van der Waals surface area contributed by atoms with E-state index in [0.29, 0.717) is 0 Å². The third-order valence-electron chi connectivity index (χ3n) is 5.27. The lowest BCUT2D eigenvalue weighted by molar-refractivity contribution is 1.18. The minimum absolute atomic E-state index is 0.746. The van der Waals surface area contributed by atoms with E-state index in [1.807, 2.05) is 12.1 Å². The summed E-state index contributed by atoms with van der Waals surface area (Å²) in [4.78, 5) is 2.22. The van der Waals surface area contributed by atoms with E-state index in [0.717, 1.165) is 10.7 Å². The monoisotopic (exact) mass is 382 g/mol. The Kier molecular flexibility index (Phi) is 4.07. The van der Waals surface area contributed by atoms with Crippen molar-refractivity contribution in [2.24, 2.45) is 0 Å². The molecule has 0 aliphatic rings. The summed E-state index contributed by atoms with van der Waals surface area (Å²) in [6.45, 7) is 0. The van der Waals surface area contributed by atoms with Crippen LogP contribution in [0.4, 0.5) is 11.4 Å². The van der Waals surface area contributed by atoms with Crippen molar-refractivity contribution < 1.29 is 0 Å². The number of anilines is 2. The number of aromatic nitrogens is 1. The molecule has 5 rings (SSSR count). The molecule has 0 unspecified atom stereocenters. The average Bonchev–Trinajstić information content (AvgIpc) is 3.09. The molecule has 0 saturated carbocycles. The van der Waals surface area contributed by atoms with Gasteiger partial charge in [0.05, 0.1) is 16.7 Å². The second-order valence-corrected chi connectivity index (χ2v) is 7.33. The fourth-order valence-electron chi connectivity index (χ4n) is 3.94. The first kappa shape index (κ1) is 16.9. The molecule has 0 bridgehead atoms. The van der Waals surface area contributed by atoms with Gasteiger partial charge in [0.1, 0.15) is 0 Å². The topological polar surface area (TPSA) is 8.17 Å². The fraction of sp³-hybridized carbons (Fsp3) is 0.0400. The van der Waals surface area contributed by atoms with E-state index in [9.17, 15) is 0 Å². The summed E-state index contributed by atoms with van der Waals surface area (Å²) < 4.78 is 2.34. The molecular formula is C25H19ClN2. The van der Waals surface area contributed by atoms with Crippen LogP contribution in [-0.2, 0) is 0 Å². The molecule has 28 heavy (non-hydrogen) atoms. The predicted molar refractivity (Wildman–Crippen MR) is 120 cm³/mol. The van der Waals surface area contributed by atoms with Crippen LogP contribution in [0.2, 0.25) is 5.02 Å². The summed E-state index contributed by atoms with van der Waals surface area (Å²) in [5, 5.41) is 3.24. The Balaban J connectivity index is 1.82. The van der Waals surface area contributed by atoms with Gasteiger partial charge in [-0.05, 0) is 54.6 Å². The Morgan fingerprint density at radius 2 is 1.36 bits per heavy atom. The van der Waals surface area contributed by atoms with Crippen LogP contribution < -0.4 is 4.90 Å². The molecule has 1 aromatic heterocycles. The molecule has 3 heteroatoms. The van der Waals surface area contributed by atoms with E-state index >= 15 is 0 Å². The number of benzene rings is 4. The first-order valence-electron chi connectivity index (χ1n) is 9.31. The van der Waals surface area contributed by atoms with Gasteiger partial charge >= 0.3 is 0 Å². The van der Waals surface area contributed by atoms with E-state index in [-0.39, 0.29) is 0 Å². The molecule has 5 aromatic rings. The zero-order valence-corrected chi connectivity index (χ0v) is 16.3. The van der Waals surface area contributed by atoms with Crippen LogP contribution in [0.3, 0.4) is 0 Å². The normalized spacial score (nSPS) is 11.2. The van der Waals surface area contributed by atoms with Crippen molar-refractivity contribution >= 4 is 44.8 Å². The van der Waals surface area contributed by atoms with Crippen molar-refractivity contribution in [3.63, 3.8) is 0 Å². The van der Waals surface area contributed by atoms with Crippen LogP contribution in [-0.4, -0.2) is 11.6 Å². The largest absolute Gasteiger partial charge is 0.344 e. The third kappa shape index (κ3) is 2.65.